The lowest BCUT2D eigenvalue weighted by Crippen LogP contribution is -2.41. The predicted octanol–water partition coefficient (Wildman–Crippen LogP) is 4.93. The number of hydrogen-bond acceptors (Lipinski definition) is 4. The molecule has 1 aliphatic rings. The third kappa shape index (κ3) is 9.71. The number of nitrogens with zero attached hydrogens (tertiary/aromatic N) is 1. The highest BCUT2D eigenvalue weighted by atomic mass is 16.6. The lowest BCUT2D eigenvalue weighted by molar-refractivity contribution is -0.150. The first-order chi connectivity index (χ1) is 12.2. The van der Waals surface area contributed by atoms with Crippen LogP contribution in [0.5, 0.6) is 0 Å². The minimum atomic E-state index is -0.274. The van der Waals surface area contributed by atoms with Crippen LogP contribution in [0.2, 0.25) is 0 Å². The monoisotopic (exact) mass is 355 g/mol. The molecule has 1 amide bonds. The van der Waals surface area contributed by atoms with Crippen LogP contribution in [-0.2, 0) is 14.3 Å². The average molecular weight is 356 g/mol. The number of carbonyl (C=O) groups excluding carboxylic acids is 2. The second-order valence-electron chi connectivity index (χ2n) is 6.96. The number of amides is 1. The standard InChI is InChI=1S/C20H37NO4/c1-3-5-6-7-8-9-10-11-12-17-25-19(22)18-13-15-21(16-14-18)20(23)24-4-2/h18H,3-17H2,1-2H3. The molecule has 0 aliphatic carbocycles. The summed E-state index contributed by atoms with van der Waals surface area (Å²) in [7, 11) is 0. The van der Waals surface area contributed by atoms with Gasteiger partial charge in [-0.3, -0.25) is 4.79 Å². The summed E-state index contributed by atoms with van der Waals surface area (Å²) >= 11 is 0. The highest BCUT2D eigenvalue weighted by molar-refractivity contribution is 5.73. The topological polar surface area (TPSA) is 55.8 Å². The molecule has 0 aromatic rings. The van der Waals surface area contributed by atoms with Crippen LogP contribution in [0.25, 0.3) is 0 Å². The van der Waals surface area contributed by atoms with Gasteiger partial charge in [0.15, 0.2) is 0 Å². The Morgan fingerprint density at radius 1 is 0.840 bits per heavy atom. The van der Waals surface area contributed by atoms with Crippen molar-refractivity contribution in [2.45, 2.75) is 84.5 Å². The third-order valence-corrected chi connectivity index (χ3v) is 4.85. The largest absolute Gasteiger partial charge is 0.465 e. The zero-order valence-electron chi connectivity index (χ0n) is 16.3. The van der Waals surface area contributed by atoms with Gasteiger partial charge < -0.3 is 14.4 Å². The summed E-state index contributed by atoms with van der Waals surface area (Å²) in [6.07, 6.45) is 12.4. The predicted molar refractivity (Wildman–Crippen MR) is 99.5 cm³/mol. The van der Waals surface area contributed by atoms with E-state index in [1.807, 2.05) is 0 Å². The molecule has 1 fully saturated rings. The smallest absolute Gasteiger partial charge is 0.409 e. The summed E-state index contributed by atoms with van der Waals surface area (Å²) in [5.74, 6) is -0.160. The van der Waals surface area contributed by atoms with Crippen molar-refractivity contribution in [2.24, 2.45) is 5.92 Å². The molecule has 1 aliphatic heterocycles. The van der Waals surface area contributed by atoms with Crippen LogP contribution in [0.1, 0.15) is 84.5 Å². The quantitative estimate of drug-likeness (QED) is 0.368. The molecule has 146 valence electrons. The summed E-state index contributed by atoms with van der Waals surface area (Å²) in [5.41, 5.74) is 0. The number of piperidine rings is 1. The molecule has 1 heterocycles. The van der Waals surface area contributed by atoms with Crippen molar-refractivity contribution in [1.29, 1.82) is 0 Å². The van der Waals surface area contributed by atoms with Crippen LogP contribution in [0.3, 0.4) is 0 Å². The number of rotatable bonds is 12. The summed E-state index contributed by atoms with van der Waals surface area (Å²) in [6.45, 7) is 6.12. The normalized spacial score (nSPS) is 15.2. The minimum absolute atomic E-state index is 0.0655. The lowest BCUT2D eigenvalue weighted by Gasteiger charge is -2.30. The summed E-state index contributed by atoms with van der Waals surface area (Å²) < 4.78 is 10.4. The van der Waals surface area contributed by atoms with Crippen molar-refractivity contribution in [3.63, 3.8) is 0 Å². The average Bonchev–Trinajstić information content (AvgIpc) is 2.63. The van der Waals surface area contributed by atoms with E-state index in [4.69, 9.17) is 9.47 Å². The molecule has 0 bridgehead atoms. The van der Waals surface area contributed by atoms with E-state index < -0.39 is 0 Å². The molecule has 5 heteroatoms. The van der Waals surface area contributed by atoms with E-state index in [0.29, 0.717) is 39.1 Å². The molecule has 0 atom stereocenters. The van der Waals surface area contributed by atoms with Crippen LogP contribution in [-0.4, -0.2) is 43.3 Å². The molecular weight excluding hydrogens is 318 g/mol. The molecule has 5 nitrogen and oxygen atoms in total. The van der Waals surface area contributed by atoms with Crippen LogP contribution >= 0.6 is 0 Å². The molecule has 0 aromatic heterocycles. The molecular formula is C20H37NO4. The van der Waals surface area contributed by atoms with Gasteiger partial charge >= 0.3 is 12.1 Å². The fourth-order valence-electron chi connectivity index (χ4n) is 3.22. The van der Waals surface area contributed by atoms with Gasteiger partial charge in [-0.15, -0.1) is 0 Å². The van der Waals surface area contributed by atoms with E-state index in [2.05, 4.69) is 6.92 Å². The Kier molecular flexibility index (Phi) is 12.2. The van der Waals surface area contributed by atoms with Crippen LogP contribution in [0, 0.1) is 5.92 Å². The second-order valence-corrected chi connectivity index (χ2v) is 6.96. The zero-order valence-corrected chi connectivity index (χ0v) is 16.3. The number of unbranched alkanes of at least 4 members (excludes halogenated alkanes) is 8. The van der Waals surface area contributed by atoms with Gasteiger partial charge in [0.2, 0.25) is 0 Å². The first-order valence-corrected chi connectivity index (χ1v) is 10.3. The molecule has 0 N–H and O–H groups in total. The first-order valence-electron chi connectivity index (χ1n) is 10.3. The van der Waals surface area contributed by atoms with Gasteiger partial charge in [-0.25, -0.2) is 4.79 Å². The molecule has 0 unspecified atom stereocenters. The number of likely N-dealkylation sites (tertiary alicyclic amines) is 1. The number of hydrogen-bond donors (Lipinski definition) is 0. The summed E-state index contributed by atoms with van der Waals surface area (Å²) in [6, 6.07) is 0. The summed E-state index contributed by atoms with van der Waals surface area (Å²) in [5, 5.41) is 0. The molecule has 0 radical (unpaired) electrons. The van der Waals surface area contributed by atoms with Crippen molar-refractivity contribution >= 4 is 12.1 Å². The van der Waals surface area contributed by atoms with Gasteiger partial charge in [0.1, 0.15) is 0 Å². The van der Waals surface area contributed by atoms with Gasteiger partial charge in [-0.05, 0) is 26.2 Å². The Morgan fingerprint density at radius 3 is 1.96 bits per heavy atom. The summed E-state index contributed by atoms with van der Waals surface area (Å²) in [4.78, 5) is 25.4. The van der Waals surface area contributed by atoms with E-state index in [0.717, 1.165) is 12.8 Å². The van der Waals surface area contributed by atoms with Crippen LogP contribution in [0.15, 0.2) is 0 Å². The second kappa shape index (κ2) is 14.0. The van der Waals surface area contributed by atoms with E-state index in [1.54, 1.807) is 11.8 Å². The van der Waals surface area contributed by atoms with Crippen molar-refractivity contribution in [1.82, 2.24) is 4.90 Å². The minimum Gasteiger partial charge on any atom is -0.465 e. The van der Waals surface area contributed by atoms with Gasteiger partial charge in [0.25, 0.3) is 0 Å². The first kappa shape index (κ1) is 21.8. The van der Waals surface area contributed by atoms with Gasteiger partial charge in [0.05, 0.1) is 19.1 Å². The SMILES string of the molecule is CCCCCCCCCCCOC(=O)C1CCN(C(=O)OCC)CC1. The maximum absolute atomic E-state index is 12.1. The van der Waals surface area contributed by atoms with Gasteiger partial charge in [-0.1, -0.05) is 58.3 Å². The lowest BCUT2D eigenvalue weighted by atomic mass is 9.97. The van der Waals surface area contributed by atoms with Gasteiger partial charge in [-0.2, -0.15) is 0 Å². The fraction of sp³-hybridized carbons (Fsp3) is 0.900. The Labute approximate surface area is 153 Å². The van der Waals surface area contributed by atoms with Crippen LogP contribution in [0.4, 0.5) is 4.79 Å². The number of esters is 1. The Bertz CT molecular complexity index is 365. The maximum atomic E-state index is 12.1. The van der Waals surface area contributed by atoms with Crippen molar-refractivity contribution < 1.29 is 19.1 Å². The van der Waals surface area contributed by atoms with E-state index in [-0.39, 0.29) is 18.0 Å². The molecule has 25 heavy (non-hydrogen) atoms. The van der Waals surface area contributed by atoms with E-state index in [1.165, 1.54) is 44.9 Å². The Balaban J connectivity index is 1.98. The number of ether oxygens (including phenoxy) is 2. The molecule has 1 saturated heterocycles. The number of carbonyl (C=O) groups is 2. The van der Waals surface area contributed by atoms with Crippen LogP contribution < -0.4 is 0 Å². The highest BCUT2D eigenvalue weighted by Crippen LogP contribution is 2.19. The molecule has 0 spiro atoms. The van der Waals surface area contributed by atoms with E-state index >= 15 is 0 Å². The fourth-order valence-corrected chi connectivity index (χ4v) is 3.22. The zero-order chi connectivity index (χ0) is 18.3. The molecule has 0 saturated carbocycles. The van der Waals surface area contributed by atoms with Gasteiger partial charge in [0, 0.05) is 13.1 Å². The van der Waals surface area contributed by atoms with Crippen molar-refractivity contribution in [2.75, 3.05) is 26.3 Å². The third-order valence-electron chi connectivity index (χ3n) is 4.85. The van der Waals surface area contributed by atoms with Crippen molar-refractivity contribution in [3.05, 3.63) is 0 Å². The molecule has 0 aromatic carbocycles. The van der Waals surface area contributed by atoms with E-state index in [9.17, 15) is 9.59 Å². The van der Waals surface area contributed by atoms with Crippen molar-refractivity contribution in [3.8, 4) is 0 Å². The maximum Gasteiger partial charge on any atom is 0.409 e. The highest BCUT2D eigenvalue weighted by Gasteiger charge is 2.28. The molecule has 1 rings (SSSR count). The Hall–Kier alpha value is -1.26. The Morgan fingerprint density at radius 2 is 1.40 bits per heavy atom.